The first-order valence-corrected chi connectivity index (χ1v) is 13.4. The van der Waals surface area contributed by atoms with Gasteiger partial charge in [0.25, 0.3) is 0 Å². The summed E-state index contributed by atoms with van der Waals surface area (Å²) >= 11 is 0. The average Bonchev–Trinajstić information content (AvgIpc) is 3.07. The Kier molecular flexibility index (Phi) is 8.51. The Morgan fingerprint density at radius 3 is 2.79 bits per heavy atom. The second-order valence-electron chi connectivity index (χ2n) is 11.0. The third kappa shape index (κ3) is 5.82. The second kappa shape index (κ2) is 11.4. The maximum absolute atomic E-state index is 13.3. The highest BCUT2D eigenvalue weighted by atomic mass is 16.7. The molecule has 2 fully saturated rings. The molecule has 4 rings (SSSR count). The van der Waals surface area contributed by atoms with E-state index in [1.165, 1.54) is 17.5 Å². The van der Waals surface area contributed by atoms with E-state index in [1.54, 1.807) is 7.11 Å². The van der Waals surface area contributed by atoms with Gasteiger partial charge in [-0.2, -0.15) is 0 Å². The van der Waals surface area contributed by atoms with Gasteiger partial charge in [-0.1, -0.05) is 26.3 Å². The molecule has 3 aliphatic rings. The lowest BCUT2D eigenvalue weighted by Gasteiger charge is -2.35. The van der Waals surface area contributed by atoms with Crippen LogP contribution in [0.25, 0.3) is 0 Å². The maximum Gasteiger partial charge on any atom is 0.157 e. The molecule has 0 spiro atoms. The molecule has 4 nitrogen and oxygen atoms in total. The molecule has 2 aliphatic carbocycles. The maximum atomic E-state index is 13.3. The first-order chi connectivity index (χ1) is 16.0. The number of unbranched alkanes of at least 4 members (excludes halogenated alkanes) is 1. The molecule has 5 atom stereocenters. The number of carbonyl (C=O) groups is 1. The molecule has 0 radical (unpaired) electrons. The molecular weight excluding hydrogens is 412 g/mol. The molecule has 1 aromatic carbocycles. The van der Waals surface area contributed by atoms with Gasteiger partial charge >= 0.3 is 0 Å². The lowest BCUT2D eigenvalue weighted by atomic mass is 9.68. The molecule has 0 bridgehead atoms. The molecule has 1 heterocycles. The van der Waals surface area contributed by atoms with Crippen molar-refractivity contribution in [2.24, 2.45) is 17.3 Å². The van der Waals surface area contributed by atoms with Crippen LogP contribution in [0.3, 0.4) is 0 Å². The molecule has 2 unspecified atom stereocenters. The third-order valence-corrected chi connectivity index (χ3v) is 8.82. The number of Topliss-reactive ketones (excluding diaryl/α,β-unsaturated/α-hetero) is 1. The molecule has 0 amide bonds. The predicted molar refractivity (Wildman–Crippen MR) is 132 cm³/mol. The summed E-state index contributed by atoms with van der Waals surface area (Å²) in [6.07, 6.45) is 13.1. The molecule has 33 heavy (non-hydrogen) atoms. The Hall–Kier alpha value is -1.39. The lowest BCUT2D eigenvalue weighted by molar-refractivity contribution is -0.162. The number of hydrogen-bond donors (Lipinski definition) is 0. The monoisotopic (exact) mass is 456 g/mol. The van der Waals surface area contributed by atoms with Crippen LogP contribution >= 0.6 is 0 Å². The van der Waals surface area contributed by atoms with E-state index in [-0.39, 0.29) is 11.7 Å². The SMILES string of the molecule is COc1ccc2c(c1)CCC[C@@H]1C(CCCCOC3CCCCO3)CC(=O)[C@@]1(C)CC[C@H]2C. The van der Waals surface area contributed by atoms with Crippen LogP contribution in [0, 0.1) is 17.3 Å². The summed E-state index contributed by atoms with van der Waals surface area (Å²) in [4.78, 5) is 13.3. The van der Waals surface area contributed by atoms with E-state index in [0.29, 0.717) is 23.5 Å². The number of ether oxygens (including phenoxy) is 3. The van der Waals surface area contributed by atoms with Gasteiger partial charge in [-0.3, -0.25) is 4.79 Å². The summed E-state index contributed by atoms with van der Waals surface area (Å²) in [6, 6.07) is 6.58. The number of methoxy groups -OCH3 is 1. The standard InChI is InChI=1S/C29H44O4/c1-21-15-16-29(2)26(11-8-10-22-19-24(31-3)13-14-25(21)22)23(20-27(29)30)9-4-6-17-32-28-12-5-7-18-33-28/h13-14,19,21,23,26,28H,4-12,15-18,20H2,1-3H3/t21-,23?,26-,28?,29+/m1/s1. The van der Waals surface area contributed by atoms with Crippen molar-refractivity contribution in [1.82, 2.24) is 0 Å². The van der Waals surface area contributed by atoms with Crippen LogP contribution in [0.4, 0.5) is 0 Å². The van der Waals surface area contributed by atoms with E-state index in [9.17, 15) is 4.79 Å². The summed E-state index contributed by atoms with van der Waals surface area (Å²) in [6.45, 7) is 6.24. The number of ketones is 1. The molecule has 1 aliphatic heterocycles. The number of fused-ring (bicyclic) bond motifs is 2. The Bertz CT molecular complexity index is 784. The van der Waals surface area contributed by atoms with Crippen molar-refractivity contribution in [2.45, 2.75) is 103 Å². The number of rotatable bonds is 7. The average molecular weight is 457 g/mol. The fourth-order valence-electron chi connectivity index (χ4n) is 6.68. The quantitative estimate of drug-likeness (QED) is 0.421. The Morgan fingerprint density at radius 1 is 1.12 bits per heavy atom. The first kappa shape index (κ1) is 24.7. The zero-order valence-corrected chi connectivity index (χ0v) is 21.1. The molecule has 1 saturated carbocycles. The minimum Gasteiger partial charge on any atom is -0.497 e. The van der Waals surface area contributed by atoms with E-state index >= 15 is 0 Å². The van der Waals surface area contributed by atoms with Gasteiger partial charge in [0.1, 0.15) is 11.5 Å². The summed E-state index contributed by atoms with van der Waals surface area (Å²) in [7, 11) is 1.75. The van der Waals surface area contributed by atoms with Crippen molar-refractivity contribution in [3.05, 3.63) is 29.3 Å². The van der Waals surface area contributed by atoms with Crippen LogP contribution in [0.1, 0.15) is 102 Å². The van der Waals surface area contributed by atoms with Gasteiger partial charge in [-0.15, -0.1) is 0 Å². The Morgan fingerprint density at radius 2 is 2.00 bits per heavy atom. The minimum absolute atomic E-state index is 0.0110. The highest BCUT2D eigenvalue weighted by molar-refractivity contribution is 5.87. The van der Waals surface area contributed by atoms with Crippen molar-refractivity contribution < 1.29 is 19.0 Å². The van der Waals surface area contributed by atoms with Gasteiger partial charge in [0.15, 0.2) is 6.29 Å². The van der Waals surface area contributed by atoms with Crippen molar-refractivity contribution >= 4 is 5.78 Å². The molecule has 1 saturated heterocycles. The molecule has 0 N–H and O–H groups in total. The summed E-state index contributed by atoms with van der Waals surface area (Å²) in [5, 5.41) is 0. The van der Waals surface area contributed by atoms with E-state index in [1.807, 2.05) is 0 Å². The third-order valence-electron chi connectivity index (χ3n) is 8.82. The number of hydrogen-bond acceptors (Lipinski definition) is 4. The largest absolute Gasteiger partial charge is 0.497 e. The number of carbonyl (C=O) groups excluding carboxylic acids is 1. The predicted octanol–water partition coefficient (Wildman–Crippen LogP) is 6.84. The van der Waals surface area contributed by atoms with Crippen LogP contribution < -0.4 is 4.74 Å². The first-order valence-electron chi connectivity index (χ1n) is 13.4. The molecule has 1 aromatic rings. The smallest absolute Gasteiger partial charge is 0.157 e. The van der Waals surface area contributed by atoms with Crippen molar-refractivity contribution in [3.63, 3.8) is 0 Å². The van der Waals surface area contributed by atoms with Gasteiger partial charge in [-0.25, -0.2) is 0 Å². The van der Waals surface area contributed by atoms with Crippen LogP contribution in [0.15, 0.2) is 18.2 Å². The Balaban J connectivity index is 1.35. The van der Waals surface area contributed by atoms with E-state index in [0.717, 1.165) is 89.6 Å². The lowest BCUT2D eigenvalue weighted by Crippen LogP contribution is -2.31. The van der Waals surface area contributed by atoms with Gasteiger partial charge in [-0.05, 0) is 105 Å². The van der Waals surface area contributed by atoms with Gasteiger partial charge < -0.3 is 14.2 Å². The molecular formula is C29H44O4. The van der Waals surface area contributed by atoms with Crippen molar-refractivity contribution in [1.29, 1.82) is 0 Å². The van der Waals surface area contributed by atoms with Gasteiger partial charge in [0.05, 0.1) is 7.11 Å². The van der Waals surface area contributed by atoms with E-state index in [2.05, 4.69) is 32.0 Å². The normalized spacial score (nSPS) is 32.8. The molecule has 0 aromatic heterocycles. The zero-order chi connectivity index (χ0) is 23.3. The molecule has 4 heteroatoms. The fourth-order valence-corrected chi connectivity index (χ4v) is 6.68. The summed E-state index contributed by atoms with van der Waals surface area (Å²) < 4.78 is 17.1. The molecule has 184 valence electrons. The van der Waals surface area contributed by atoms with Crippen LogP contribution in [-0.2, 0) is 20.7 Å². The van der Waals surface area contributed by atoms with Crippen molar-refractivity contribution in [3.8, 4) is 5.75 Å². The highest BCUT2D eigenvalue weighted by Crippen LogP contribution is 2.52. The van der Waals surface area contributed by atoms with Crippen LogP contribution in [-0.4, -0.2) is 32.4 Å². The van der Waals surface area contributed by atoms with E-state index in [4.69, 9.17) is 14.2 Å². The van der Waals surface area contributed by atoms with Crippen molar-refractivity contribution in [2.75, 3.05) is 20.3 Å². The minimum atomic E-state index is -0.144. The van der Waals surface area contributed by atoms with Crippen LogP contribution in [0.5, 0.6) is 5.75 Å². The van der Waals surface area contributed by atoms with Crippen LogP contribution in [0.2, 0.25) is 0 Å². The van der Waals surface area contributed by atoms with E-state index < -0.39 is 0 Å². The van der Waals surface area contributed by atoms with Gasteiger partial charge in [0.2, 0.25) is 0 Å². The topological polar surface area (TPSA) is 44.8 Å². The Labute approximate surface area is 200 Å². The summed E-state index contributed by atoms with van der Waals surface area (Å²) in [5.41, 5.74) is 2.74. The zero-order valence-electron chi connectivity index (χ0n) is 21.1. The summed E-state index contributed by atoms with van der Waals surface area (Å²) in [5.74, 6) is 3.01. The fraction of sp³-hybridized carbons (Fsp3) is 0.759. The number of aryl methyl sites for hydroxylation is 1. The second-order valence-corrected chi connectivity index (χ2v) is 11.0. The number of benzene rings is 1. The van der Waals surface area contributed by atoms with Gasteiger partial charge in [0, 0.05) is 25.0 Å². The highest BCUT2D eigenvalue weighted by Gasteiger charge is 2.50.